The molecule has 0 amide bonds. The zero-order valence-corrected chi connectivity index (χ0v) is 11.4. The van der Waals surface area contributed by atoms with Gasteiger partial charge in [0, 0.05) is 17.6 Å². The van der Waals surface area contributed by atoms with Crippen molar-refractivity contribution in [2.75, 3.05) is 13.2 Å². The van der Waals surface area contributed by atoms with E-state index in [4.69, 9.17) is 15.2 Å². The predicted octanol–water partition coefficient (Wildman–Crippen LogP) is 2.86. The summed E-state index contributed by atoms with van der Waals surface area (Å²) < 4.78 is 12.4. The Hall–Kier alpha value is -0.580. The molecular formula is C13H18BrNO2. The number of halogens is 1. The lowest BCUT2D eigenvalue weighted by Gasteiger charge is -2.22. The fraction of sp³-hybridized carbons (Fsp3) is 0.538. The Balaban J connectivity index is 1.89. The molecule has 1 heterocycles. The van der Waals surface area contributed by atoms with E-state index in [1.165, 1.54) is 12.8 Å². The van der Waals surface area contributed by atoms with Gasteiger partial charge in [0.1, 0.15) is 12.4 Å². The Bertz CT molecular complexity index is 364. The van der Waals surface area contributed by atoms with Gasteiger partial charge in [-0.15, -0.1) is 0 Å². The Morgan fingerprint density at radius 2 is 2.29 bits per heavy atom. The molecule has 1 aromatic carbocycles. The van der Waals surface area contributed by atoms with Crippen molar-refractivity contribution in [1.29, 1.82) is 0 Å². The van der Waals surface area contributed by atoms with E-state index in [2.05, 4.69) is 15.9 Å². The summed E-state index contributed by atoms with van der Waals surface area (Å²) in [6, 6.07) is 5.90. The number of benzene rings is 1. The minimum Gasteiger partial charge on any atom is -0.491 e. The van der Waals surface area contributed by atoms with Crippen LogP contribution in [0.25, 0.3) is 0 Å². The number of hydrogen-bond acceptors (Lipinski definition) is 3. The molecule has 0 spiro atoms. The molecule has 3 nitrogen and oxygen atoms in total. The zero-order valence-electron chi connectivity index (χ0n) is 9.82. The van der Waals surface area contributed by atoms with E-state index < -0.39 is 0 Å². The average molecular weight is 300 g/mol. The lowest BCUT2D eigenvalue weighted by Crippen LogP contribution is -2.25. The Labute approximate surface area is 110 Å². The lowest BCUT2D eigenvalue weighted by molar-refractivity contribution is -0.0110. The first-order chi connectivity index (χ1) is 8.29. The highest BCUT2D eigenvalue weighted by Gasteiger charge is 2.14. The van der Waals surface area contributed by atoms with Gasteiger partial charge in [-0.05, 0) is 43.0 Å². The van der Waals surface area contributed by atoms with Crippen LogP contribution in [0.1, 0.15) is 24.8 Å². The van der Waals surface area contributed by atoms with Crippen LogP contribution in [0.4, 0.5) is 0 Å². The van der Waals surface area contributed by atoms with Crippen LogP contribution in [0.5, 0.6) is 5.75 Å². The van der Waals surface area contributed by atoms with Crippen LogP contribution in [0.2, 0.25) is 0 Å². The predicted molar refractivity (Wildman–Crippen MR) is 71.1 cm³/mol. The molecular weight excluding hydrogens is 282 g/mol. The molecule has 1 aliphatic rings. The molecule has 17 heavy (non-hydrogen) atoms. The van der Waals surface area contributed by atoms with Gasteiger partial charge in [0.15, 0.2) is 0 Å². The van der Waals surface area contributed by atoms with Crippen LogP contribution in [-0.4, -0.2) is 19.3 Å². The van der Waals surface area contributed by atoms with E-state index in [0.29, 0.717) is 13.2 Å². The third-order valence-corrected chi connectivity index (χ3v) is 3.72. The minimum atomic E-state index is 0.244. The van der Waals surface area contributed by atoms with Gasteiger partial charge in [-0.1, -0.05) is 15.9 Å². The topological polar surface area (TPSA) is 44.5 Å². The minimum absolute atomic E-state index is 0.244. The van der Waals surface area contributed by atoms with E-state index in [1.807, 2.05) is 18.2 Å². The van der Waals surface area contributed by atoms with E-state index in [-0.39, 0.29) is 6.10 Å². The average Bonchev–Trinajstić information content (AvgIpc) is 2.39. The smallest absolute Gasteiger partial charge is 0.119 e. The summed E-state index contributed by atoms with van der Waals surface area (Å²) >= 11 is 3.46. The van der Waals surface area contributed by atoms with E-state index in [9.17, 15) is 0 Å². The first-order valence-electron chi connectivity index (χ1n) is 6.02. The summed E-state index contributed by atoms with van der Waals surface area (Å²) in [6.07, 6.45) is 3.75. The molecule has 1 saturated heterocycles. The third kappa shape index (κ3) is 3.69. The van der Waals surface area contributed by atoms with Crippen LogP contribution in [0.3, 0.4) is 0 Å². The van der Waals surface area contributed by atoms with Crippen molar-refractivity contribution in [2.24, 2.45) is 5.73 Å². The Morgan fingerprint density at radius 3 is 3.00 bits per heavy atom. The number of ether oxygens (including phenoxy) is 2. The van der Waals surface area contributed by atoms with Crippen LogP contribution >= 0.6 is 15.9 Å². The summed E-state index contributed by atoms with van der Waals surface area (Å²) in [4.78, 5) is 0. The highest BCUT2D eigenvalue weighted by atomic mass is 79.9. The first kappa shape index (κ1) is 12.9. The number of hydrogen-bond donors (Lipinski definition) is 1. The second-order valence-corrected chi connectivity index (χ2v) is 5.11. The standard InChI is InChI=1S/C13H18BrNO2/c14-13-5-4-11(7-10(13)8-15)17-9-12-3-1-2-6-16-12/h4-5,7,12H,1-3,6,8-9,15H2. The number of rotatable bonds is 4. The van der Waals surface area contributed by atoms with Crippen molar-refractivity contribution < 1.29 is 9.47 Å². The normalized spacial score (nSPS) is 20.2. The van der Waals surface area contributed by atoms with Gasteiger partial charge in [-0.2, -0.15) is 0 Å². The van der Waals surface area contributed by atoms with Crippen LogP contribution in [0, 0.1) is 0 Å². The molecule has 0 radical (unpaired) electrons. The molecule has 0 saturated carbocycles. The van der Waals surface area contributed by atoms with E-state index in [0.717, 1.165) is 28.8 Å². The molecule has 1 fully saturated rings. The first-order valence-corrected chi connectivity index (χ1v) is 6.82. The fourth-order valence-corrected chi connectivity index (χ4v) is 2.33. The number of nitrogens with two attached hydrogens (primary N) is 1. The Kier molecular flexibility index (Phi) is 4.83. The summed E-state index contributed by atoms with van der Waals surface area (Å²) in [5.41, 5.74) is 6.71. The largest absolute Gasteiger partial charge is 0.491 e. The van der Waals surface area contributed by atoms with E-state index in [1.54, 1.807) is 0 Å². The molecule has 1 unspecified atom stereocenters. The quantitative estimate of drug-likeness (QED) is 0.930. The van der Waals surface area contributed by atoms with Gasteiger partial charge in [-0.25, -0.2) is 0 Å². The molecule has 0 aliphatic carbocycles. The van der Waals surface area contributed by atoms with Crippen molar-refractivity contribution in [3.63, 3.8) is 0 Å². The van der Waals surface area contributed by atoms with Crippen molar-refractivity contribution in [3.05, 3.63) is 28.2 Å². The van der Waals surface area contributed by atoms with Crippen LogP contribution < -0.4 is 10.5 Å². The second-order valence-electron chi connectivity index (χ2n) is 4.26. The van der Waals surface area contributed by atoms with Crippen molar-refractivity contribution in [2.45, 2.75) is 31.9 Å². The SMILES string of the molecule is NCc1cc(OCC2CCCCO2)ccc1Br. The lowest BCUT2D eigenvalue weighted by atomic mass is 10.1. The monoisotopic (exact) mass is 299 g/mol. The maximum Gasteiger partial charge on any atom is 0.119 e. The second kappa shape index (κ2) is 6.38. The zero-order chi connectivity index (χ0) is 12.1. The maximum absolute atomic E-state index is 5.74. The summed E-state index contributed by atoms with van der Waals surface area (Å²) in [5, 5.41) is 0. The summed E-state index contributed by atoms with van der Waals surface area (Å²) in [5.74, 6) is 0.864. The maximum atomic E-state index is 5.74. The van der Waals surface area contributed by atoms with Gasteiger partial charge in [-0.3, -0.25) is 0 Å². The summed E-state index contributed by atoms with van der Waals surface area (Å²) in [7, 11) is 0. The molecule has 0 aromatic heterocycles. The third-order valence-electron chi connectivity index (χ3n) is 2.95. The van der Waals surface area contributed by atoms with Gasteiger partial charge in [0.2, 0.25) is 0 Å². The molecule has 2 rings (SSSR count). The van der Waals surface area contributed by atoms with Crippen molar-refractivity contribution >= 4 is 15.9 Å². The van der Waals surface area contributed by atoms with Crippen LogP contribution in [0.15, 0.2) is 22.7 Å². The van der Waals surface area contributed by atoms with E-state index >= 15 is 0 Å². The molecule has 1 aromatic rings. The molecule has 1 atom stereocenters. The molecule has 1 aliphatic heterocycles. The van der Waals surface area contributed by atoms with Gasteiger partial charge in [0.25, 0.3) is 0 Å². The van der Waals surface area contributed by atoms with Gasteiger partial charge >= 0.3 is 0 Å². The Morgan fingerprint density at radius 1 is 1.41 bits per heavy atom. The fourth-order valence-electron chi connectivity index (χ4n) is 1.93. The molecule has 2 N–H and O–H groups in total. The molecule has 4 heteroatoms. The molecule has 94 valence electrons. The summed E-state index contributed by atoms with van der Waals surface area (Å²) in [6.45, 7) is 2.01. The van der Waals surface area contributed by atoms with Crippen LogP contribution in [-0.2, 0) is 11.3 Å². The van der Waals surface area contributed by atoms with Gasteiger partial charge < -0.3 is 15.2 Å². The van der Waals surface area contributed by atoms with Gasteiger partial charge in [0.05, 0.1) is 6.10 Å². The highest BCUT2D eigenvalue weighted by Crippen LogP contribution is 2.23. The highest BCUT2D eigenvalue weighted by molar-refractivity contribution is 9.10. The van der Waals surface area contributed by atoms with Crippen molar-refractivity contribution in [1.82, 2.24) is 0 Å². The van der Waals surface area contributed by atoms with Crippen molar-refractivity contribution in [3.8, 4) is 5.75 Å². The molecule has 0 bridgehead atoms.